The molecule has 3 N–H and O–H groups in total. The monoisotopic (exact) mass is 476 g/mol. The molecule has 9 nitrogen and oxygen atoms in total. The van der Waals surface area contributed by atoms with Crippen molar-refractivity contribution in [3.63, 3.8) is 0 Å². The van der Waals surface area contributed by atoms with E-state index in [1.165, 1.54) is 17.0 Å². The summed E-state index contributed by atoms with van der Waals surface area (Å²) in [6.45, 7) is 1.80. The van der Waals surface area contributed by atoms with Gasteiger partial charge in [-0.3, -0.25) is 9.78 Å². The summed E-state index contributed by atoms with van der Waals surface area (Å²) in [6, 6.07) is 18.2. The van der Waals surface area contributed by atoms with Crippen LogP contribution in [0.2, 0.25) is 0 Å². The standard InChI is InChI=1S/C24H20N4O5S/c1-24(19-9-5-6-12-25-19)21(30)20(23(31)28(24)14-15-7-3-2-4-8-15)22-26-17-11-10-16(29)13-18(17)34(32,33)27-22/h2-13,29-30H,14H2,1H3,(H,26,27). The first-order valence-corrected chi connectivity index (χ1v) is 11.8. The van der Waals surface area contributed by atoms with Crippen molar-refractivity contribution in [2.45, 2.75) is 23.9 Å². The van der Waals surface area contributed by atoms with Gasteiger partial charge in [0.05, 0.1) is 11.4 Å². The predicted octanol–water partition coefficient (Wildman–Crippen LogP) is 3.07. The van der Waals surface area contributed by atoms with Crippen LogP contribution >= 0.6 is 0 Å². The van der Waals surface area contributed by atoms with Crippen molar-refractivity contribution in [3.05, 3.63) is 95.5 Å². The van der Waals surface area contributed by atoms with Crippen LogP contribution in [-0.4, -0.2) is 40.3 Å². The van der Waals surface area contributed by atoms with Gasteiger partial charge >= 0.3 is 0 Å². The summed E-state index contributed by atoms with van der Waals surface area (Å²) >= 11 is 0. The van der Waals surface area contributed by atoms with Gasteiger partial charge in [-0.25, -0.2) is 0 Å². The fourth-order valence-electron chi connectivity index (χ4n) is 4.19. The lowest BCUT2D eigenvalue weighted by Gasteiger charge is -2.35. The van der Waals surface area contributed by atoms with Crippen molar-refractivity contribution in [1.82, 2.24) is 9.88 Å². The molecule has 1 aromatic heterocycles. The SMILES string of the molecule is CC1(c2ccccn2)C(O)=C(C2=NS(=O)(=O)c3cc(O)ccc3N2)C(=O)N1Cc1ccccc1. The number of phenols is 1. The van der Waals surface area contributed by atoms with E-state index in [2.05, 4.69) is 14.7 Å². The van der Waals surface area contributed by atoms with Crippen molar-refractivity contribution in [2.75, 3.05) is 5.32 Å². The summed E-state index contributed by atoms with van der Waals surface area (Å²) < 4.78 is 29.4. The maximum atomic E-state index is 13.7. The fraction of sp³-hybridized carbons (Fsp3) is 0.125. The Balaban J connectivity index is 1.66. The highest BCUT2D eigenvalue weighted by Crippen LogP contribution is 2.44. The van der Waals surface area contributed by atoms with Crippen molar-refractivity contribution >= 4 is 27.5 Å². The van der Waals surface area contributed by atoms with Gasteiger partial charge in [-0.1, -0.05) is 36.4 Å². The number of sulfonamides is 1. The number of aliphatic hydroxyl groups is 1. The molecule has 2 aromatic carbocycles. The summed E-state index contributed by atoms with van der Waals surface area (Å²) in [4.78, 5) is 19.3. The predicted molar refractivity (Wildman–Crippen MR) is 125 cm³/mol. The van der Waals surface area contributed by atoms with Crippen LogP contribution in [0.3, 0.4) is 0 Å². The molecule has 1 atom stereocenters. The van der Waals surface area contributed by atoms with E-state index in [1.807, 2.05) is 30.3 Å². The molecule has 2 aliphatic heterocycles. The maximum Gasteiger partial charge on any atom is 0.286 e. The molecule has 0 fully saturated rings. The Bertz CT molecular complexity index is 1470. The lowest BCUT2D eigenvalue weighted by Crippen LogP contribution is -2.44. The number of rotatable bonds is 4. The van der Waals surface area contributed by atoms with Crippen LogP contribution in [0.25, 0.3) is 0 Å². The number of fused-ring (bicyclic) bond motifs is 1. The van der Waals surface area contributed by atoms with E-state index in [4.69, 9.17) is 0 Å². The molecule has 0 spiro atoms. The number of benzene rings is 2. The Labute approximate surface area is 195 Å². The molecule has 0 bridgehead atoms. The highest BCUT2D eigenvalue weighted by Gasteiger charge is 2.53. The number of hydrogen-bond donors (Lipinski definition) is 3. The molecule has 3 aromatic rings. The number of aliphatic hydroxyl groups excluding tert-OH is 1. The molecule has 1 amide bonds. The molecule has 0 saturated heterocycles. The van der Waals surface area contributed by atoms with Crippen LogP contribution in [0.4, 0.5) is 5.69 Å². The van der Waals surface area contributed by atoms with Crippen LogP contribution in [0.15, 0.2) is 93.6 Å². The summed E-state index contributed by atoms with van der Waals surface area (Å²) in [5, 5.41) is 23.9. The number of pyridine rings is 1. The zero-order valence-corrected chi connectivity index (χ0v) is 18.8. The Kier molecular flexibility index (Phi) is 4.90. The topological polar surface area (TPSA) is 132 Å². The van der Waals surface area contributed by atoms with Crippen LogP contribution in [-0.2, 0) is 26.9 Å². The molecule has 2 aliphatic rings. The summed E-state index contributed by atoms with van der Waals surface area (Å²) in [6.07, 6.45) is 1.56. The van der Waals surface area contributed by atoms with Crippen LogP contribution in [0.5, 0.6) is 5.75 Å². The van der Waals surface area contributed by atoms with Crippen LogP contribution < -0.4 is 5.32 Å². The molecule has 0 aliphatic carbocycles. The highest BCUT2D eigenvalue weighted by molar-refractivity contribution is 7.90. The van der Waals surface area contributed by atoms with E-state index < -0.39 is 21.5 Å². The summed E-state index contributed by atoms with van der Waals surface area (Å²) in [7, 11) is -4.24. The third-order valence-electron chi connectivity index (χ3n) is 5.99. The fourth-order valence-corrected chi connectivity index (χ4v) is 5.33. The van der Waals surface area contributed by atoms with Gasteiger partial charge in [0, 0.05) is 18.8 Å². The van der Waals surface area contributed by atoms with Gasteiger partial charge in [0.2, 0.25) is 0 Å². The number of aromatic hydroxyl groups is 1. The van der Waals surface area contributed by atoms with E-state index in [-0.39, 0.29) is 40.0 Å². The number of carbonyl (C=O) groups is 1. The van der Waals surface area contributed by atoms with Crippen molar-refractivity contribution < 1.29 is 23.4 Å². The van der Waals surface area contributed by atoms with Gasteiger partial charge in [0.1, 0.15) is 27.5 Å². The number of nitrogens with zero attached hydrogens (tertiary/aromatic N) is 3. The van der Waals surface area contributed by atoms with E-state index >= 15 is 0 Å². The minimum absolute atomic E-state index is 0.136. The van der Waals surface area contributed by atoms with Crippen molar-refractivity contribution in [3.8, 4) is 5.75 Å². The van der Waals surface area contributed by atoms with E-state index in [9.17, 15) is 23.4 Å². The molecule has 0 radical (unpaired) electrons. The number of hydrogen-bond acceptors (Lipinski definition) is 7. The number of aromatic nitrogens is 1. The zero-order chi connectivity index (χ0) is 24.1. The minimum Gasteiger partial charge on any atom is -0.508 e. The van der Waals surface area contributed by atoms with Gasteiger partial charge in [0.15, 0.2) is 5.84 Å². The number of anilines is 1. The van der Waals surface area contributed by atoms with Crippen molar-refractivity contribution in [2.24, 2.45) is 4.40 Å². The Hall–Kier alpha value is -4.18. The zero-order valence-electron chi connectivity index (χ0n) is 18.0. The van der Waals surface area contributed by atoms with Gasteiger partial charge < -0.3 is 20.4 Å². The third kappa shape index (κ3) is 3.30. The molecule has 10 heteroatoms. The maximum absolute atomic E-state index is 13.7. The molecule has 172 valence electrons. The van der Waals surface area contributed by atoms with Gasteiger partial charge in [0.25, 0.3) is 15.9 Å². The van der Waals surface area contributed by atoms with Crippen LogP contribution in [0.1, 0.15) is 18.2 Å². The molecule has 34 heavy (non-hydrogen) atoms. The Morgan fingerprint density at radius 1 is 1.03 bits per heavy atom. The number of carbonyl (C=O) groups excluding carboxylic acids is 1. The van der Waals surface area contributed by atoms with Crippen LogP contribution in [0, 0.1) is 0 Å². The second-order valence-electron chi connectivity index (χ2n) is 8.11. The minimum atomic E-state index is -4.24. The lowest BCUT2D eigenvalue weighted by molar-refractivity contribution is -0.130. The summed E-state index contributed by atoms with van der Waals surface area (Å²) in [5.41, 5.74) is -0.258. The van der Waals surface area contributed by atoms with E-state index in [0.29, 0.717) is 5.69 Å². The van der Waals surface area contributed by atoms with E-state index in [1.54, 1.807) is 31.3 Å². The number of amidine groups is 1. The molecule has 3 heterocycles. The third-order valence-corrected chi connectivity index (χ3v) is 7.30. The Morgan fingerprint density at radius 3 is 2.47 bits per heavy atom. The molecule has 5 rings (SSSR count). The van der Waals surface area contributed by atoms with E-state index in [0.717, 1.165) is 11.6 Å². The van der Waals surface area contributed by atoms with Crippen molar-refractivity contribution in [1.29, 1.82) is 0 Å². The summed E-state index contributed by atoms with van der Waals surface area (Å²) in [5.74, 6) is -1.49. The average molecular weight is 477 g/mol. The number of nitrogens with one attached hydrogen (secondary N) is 1. The first-order valence-electron chi connectivity index (χ1n) is 10.4. The first-order chi connectivity index (χ1) is 16.2. The molecular formula is C24H20N4O5S. The number of amides is 1. The second kappa shape index (κ2) is 7.70. The smallest absolute Gasteiger partial charge is 0.286 e. The first kappa shape index (κ1) is 21.7. The van der Waals surface area contributed by atoms with Gasteiger partial charge in [-0.15, -0.1) is 4.40 Å². The van der Waals surface area contributed by atoms with Gasteiger partial charge in [-0.05, 0) is 36.8 Å². The second-order valence-corrected chi connectivity index (χ2v) is 9.68. The molecule has 0 saturated carbocycles. The average Bonchev–Trinajstić information content (AvgIpc) is 3.01. The molecular weight excluding hydrogens is 456 g/mol. The Morgan fingerprint density at radius 2 is 1.76 bits per heavy atom. The largest absolute Gasteiger partial charge is 0.508 e. The highest BCUT2D eigenvalue weighted by atomic mass is 32.2. The quantitative estimate of drug-likeness (QED) is 0.493. The van der Waals surface area contributed by atoms with Gasteiger partial charge in [-0.2, -0.15) is 8.42 Å². The normalized spacial score (nSPS) is 21.1. The lowest BCUT2D eigenvalue weighted by atomic mass is 9.93. The number of phenolic OH excluding ortho intramolecular Hbond substituents is 1. The molecule has 1 unspecified atom stereocenters.